The average Bonchev–Trinajstić information content (AvgIpc) is 2.82. The van der Waals surface area contributed by atoms with E-state index in [1.807, 2.05) is 13.8 Å². The van der Waals surface area contributed by atoms with Crippen LogP contribution in [0.2, 0.25) is 0 Å². The Morgan fingerprint density at radius 1 is 0.875 bits per heavy atom. The minimum Gasteiger partial charge on any atom is -0.396 e. The minimum atomic E-state index is -0.395. The molecule has 0 atom stereocenters. The van der Waals surface area contributed by atoms with Gasteiger partial charge in [-0.2, -0.15) is 0 Å². The Morgan fingerprint density at radius 3 is 1.69 bits per heavy atom. The lowest BCUT2D eigenvalue weighted by Crippen LogP contribution is -2.43. The summed E-state index contributed by atoms with van der Waals surface area (Å²) in [5, 5.41) is 18.5. The molecule has 2 rings (SSSR count). The molecule has 0 aromatic heterocycles. The van der Waals surface area contributed by atoms with Gasteiger partial charge in [-0.25, -0.2) is 0 Å². The highest BCUT2D eigenvalue weighted by atomic mass is 16.7. The Morgan fingerprint density at radius 2 is 1.31 bits per heavy atom. The summed E-state index contributed by atoms with van der Waals surface area (Å²) in [6, 6.07) is 0. The van der Waals surface area contributed by atoms with Crippen LogP contribution in [-0.2, 0) is 9.47 Å². The molecule has 0 bridgehead atoms. The first-order valence-electron chi connectivity index (χ1n) is 6.24. The monoisotopic (exact) mass is 232 g/mol. The fraction of sp³-hybridized carbons (Fsp3) is 1.00. The van der Waals surface area contributed by atoms with Gasteiger partial charge in [0.15, 0.2) is 5.79 Å². The van der Waals surface area contributed by atoms with Gasteiger partial charge in [-0.15, -0.1) is 0 Å². The molecule has 1 saturated carbocycles. The van der Waals surface area contributed by atoms with Crippen molar-refractivity contribution < 1.29 is 19.7 Å². The van der Waals surface area contributed by atoms with E-state index in [2.05, 4.69) is 0 Å². The van der Waals surface area contributed by atoms with E-state index < -0.39 is 5.79 Å². The average molecular weight is 232 g/mol. The molecule has 0 radical (unpaired) electrons. The van der Waals surface area contributed by atoms with Crippen LogP contribution < -0.4 is 0 Å². The van der Waals surface area contributed by atoms with Crippen LogP contribution in [0.1, 0.15) is 39.5 Å². The molecule has 2 fully saturated rings. The predicted octanol–water partition coefficient (Wildman–Crippen LogP) is 1.30. The standard InChI is InChI=1S/C10H18O4.C2H6/c11-7-9(8-12)1-3-10(4-2-9)13-5-6-14-10;1-2/h11-12H,1-8H2;1-2H3. The Bertz CT molecular complexity index is 177. The molecule has 0 unspecified atom stereocenters. The first-order valence-corrected chi connectivity index (χ1v) is 6.24. The van der Waals surface area contributed by atoms with E-state index in [0.29, 0.717) is 13.2 Å². The van der Waals surface area contributed by atoms with Crippen molar-refractivity contribution in [2.24, 2.45) is 5.41 Å². The molecule has 1 spiro atoms. The maximum atomic E-state index is 9.23. The van der Waals surface area contributed by atoms with Crippen molar-refractivity contribution in [1.82, 2.24) is 0 Å². The van der Waals surface area contributed by atoms with Crippen molar-refractivity contribution in [3.63, 3.8) is 0 Å². The van der Waals surface area contributed by atoms with Gasteiger partial charge in [0.05, 0.1) is 26.4 Å². The fourth-order valence-corrected chi connectivity index (χ4v) is 2.31. The first kappa shape index (κ1) is 13.9. The van der Waals surface area contributed by atoms with Crippen molar-refractivity contribution in [3.05, 3.63) is 0 Å². The number of aliphatic hydroxyl groups is 2. The van der Waals surface area contributed by atoms with Gasteiger partial charge in [-0.3, -0.25) is 0 Å². The minimum absolute atomic E-state index is 0.0551. The summed E-state index contributed by atoms with van der Waals surface area (Å²) in [6.45, 7) is 5.45. The van der Waals surface area contributed by atoms with E-state index in [1.54, 1.807) is 0 Å². The van der Waals surface area contributed by atoms with Crippen LogP contribution in [0, 0.1) is 5.41 Å². The zero-order valence-electron chi connectivity index (χ0n) is 10.4. The van der Waals surface area contributed by atoms with Crippen LogP contribution in [0.4, 0.5) is 0 Å². The van der Waals surface area contributed by atoms with E-state index in [-0.39, 0.29) is 18.6 Å². The van der Waals surface area contributed by atoms with E-state index in [0.717, 1.165) is 25.7 Å². The predicted molar refractivity (Wildman–Crippen MR) is 61.1 cm³/mol. The molecule has 0 amide bonds. The quantitative estimate of drug-likeness (QED) is 0.753. The van der Waals surface area contributed by atoms with Crippen molar-refractivity contribution in [2.75, 3.05) is 26.4 Å². The molecular weight excluding hydrogens is 208 g/mol. The molecule has 0 aromatic carbocycles. The lowest BCUT2D eigenvalue weighted by atomic mass is 9.73. The van der Waals surface area contributed by atoms with Crippen LogP contribution in [0.3, 0.4) is 0 Å². The summed E-state index contributed by atoms with van der Waals surface area (Å²) in [5.74, 6) is -0.395. The summed E-state index contributed by atoms with van der Waals surface area (Å²) < 4.78 is 11.2. The highest BCUT2D eigenvalue weighted by Crippen LogP contribution is 2.44. The number of aliphatic hydroxyl groups excluding tert-OH is 2. The third kappa shape index (κ3) is 2.74. The molecule has 4 nitrogen and oxygen atoms in total. The summed E-state index contributed by atoms with van der Waals surface area (Å²) in [4.78, 5) is 0. The Kier molecular flexibility index (Phi) is 5.18. The summed E-state index contributed by atoms with van der Waals surface area (Å²) >= 11 is 0. The highest BCUT2D eigenvalue weighted by molar-refractivity contribution is 4.90. The Labute approximate surface area is 97.6 Å². The van der Waals surface area contributed by atoms with Gasteiger partial charge in [0.1, 0.15) is 0 Å². The van der Waals surface area contributed by atoms with Gasteiger partial charge in [0.2, 0.25) is 0 Å². The molecule has 4 heteroatoms. The maximum absolute atomic E-state index is 9.23. The van der Waals surface area contributed by atoms with Gasteiger partial charge in [-0.1, -0.05) is 13.8 Å². The summed E-state index contributed by atoms with van der Waals surface area (Å²) in [6.07, 6.45) is 3.13. The molecule has 1 heterocycles. The molecule has 96 valence electrons. The molecule has 16 heavy (non-hydrogen) atoms. The van der Waals surface area contributed by atoms with E-state index in [9.17, 15) is 10.2 Å². The maximum Gasteiger partial charge on any atom is 0.168 e. The normalized spacial score (nSPS) is 26.2. The second-order valence-corrected chi connectivity index (χ2v) is 4.42. The van der Waals surface area contributed by atoms with E-state index in [4.69, 9.17) is 9.47 Å². The van der Waals surface area contributed by atoms with Crippen LogP contribution >= 0.6 is 0 Å². The second-order valence-electron chi connectivity index (χ2n) is 4.42. The van der Waals surface area contributed by atoms with Crippen LogP contribution in [0.5, 0.6) is 0 Å². The Hall–Kier alpha value is -0.160. The van der Waals surface area contributed by atoms with Crippen LogP contribution in [-0.4, -0.2) is 42.4 Å². The van der Waals surface area contributed by atoms with E-state index >= 15 is 0 Å². The van der Waals surface area contributed by atoms with Crippen molar-refractivity contribution in [2.45, 2.75) is 45.3 Å². The van der Waals surface area contributed by atoms with Crippen molar-refractivity contribution in [3.8, 4) is 0 Å². The first-order chi connectivity index (χ1) is 7.74. The summed E-state index contributed by atoms with van der Waals surface area (Å²) in [5.41, 5.74) is -0.305. The molecule has 1 aliphatic heterocycles. The molecule has 1 saturated heterocycles. The smallest absolute Gasteiger partial charge is 0.168 e. The largest absolute Gasteiger partial charge is 0.396 e. The van der Waals surface area contributed by atoms with Gasteiger partial charge >= 0.3 is 0 Å². The number of hydrogen-bond donors (Lipinski definition) is 2. The summed E-state index contributed by atoms with van der Waals surface area (Å²) in [7, 11) is 0. The van der Waals surface area contributed by atoms with Gasteiger partial charge in [0.25, 0.3) is 0 Å². The molecule has 2 N–H and O–H groups in total. The zero-order chi connectivity index (χ0) is 12.1. The van der Waals surface area contributed by atoms with Crippen LogP contribution in [0.15, 0.2) is 0 Å². The molecule has 2 aliphatic rings. The number of hydrogen-bond acceptors (Lipinski definition) is 4. The Balaban J connectivity index is 0.000000606. The molecule has 1 aliphatic carbocycles. The van der Waals surface area contributed by atoms with Gasteiger partial charge in [-0.05, 0) is 12.8 Å². The topological polar surface area (TPSA) is 58.9 Å². The molecule has 0 aromatic rings. The van der Waals surface area contributed by atoms with E-state index in [1.165, 1.54) is 0 Å². The van der Waals surface area contributed by atoms with Gasteiger partial charge < -0.3 is 19.7 Å². The second kappa shape index (κ2) is 5.96. The highest BCUT2D eigenvalue weighted by Gasteiger charge is 2.45. The fourth-order valence-electron chi connectivity index (χ4n) is 2.31. The van der Waals surface area contributed by atoms with Gasteiger partial charge in [0, 0.05) is 18.3 Å². The lowest BCUT2D eigenvalue weighted by Gasteiger charge is -2.41. The number of rotatable bonds is 2. The van der Waals surface area contributed by atoms with Crippen molar-refractivity contribution in [1.29, 1.82) is 0 Å². The lowest BCUT2D eigenvalue weighted by molar-refractivity contribution is -0.198. The third-order valence-corrected chi connectivity index (χ3v) is 3.56. The zero-order valence-corrected chi connectivity index (χ0v) is 10.4. The van der Waals surface area contributed by atoms with Crippen LogP contribution in [0.25, 0.3) is 0 Å². The molecular formula is C12H24O4. The number of ether oxygens (including phenoxy) is 2. The van der Waals surface area contributed by atoms with Crippen molar-refractivity contribution >= 4 is 0 Å². The SMILES string of the molecule is CC.OCC1(CO)CCC2(CC1)OCCO2. The third-order valence-electron chi connectivity index (χ3n) is 3.56.